The van der Waals surface area contributed by atoms with E-state index >= 15 is 0 Å². The summed E-state index contributed by atoms with van der Waals surface area (Å²) >= 11 is 0. The fourth-order valence-electron chi connectivity index (χ4n) is 3.88. The fraction of sp³-hybridized carbons (Fsp3) is 0.435. The molecule has 2 heterocycles. The van der Waals surface area contributed by atoms with Crippen LogP contribution >= 0.6 is 0 Å². The summed E-state index contributed by atoms with van der Waals surface area (Å²) < 4.78 is 16.7. The minimum absolute atomic E-state index is 0.00703. The van der Waals surface area contributed by atoms with Crippen LogP contribution in [0.15, 0.2) is 42.5 Å². The van der Waals surface area contributed by atoms with Crippen LogP contribution in [-0.2, 0) is 16.0 Å². The van der Waals surface area contributed by atoms with E-state index in [1.807, 2.05) is 18.2 Å². The molecule has 0 bridgehead atoms. The molecule has 1 unspecified atom stereocenters. The van der Waals surface area contributed by atoms with Gasteiger partial charge in [-0.2, -0.15) is 0 Å². The molecule has 1 atom stereocenters. The fourth-order valence-corrected chi connectivity index (χ4v) is 3.88. The Morgan fingerprint density at radius 2 is 1.83 bits per heavy atom. The molecule has 2 aromatic rings. The van der Waals surface area contributed by atoms with Crippen molar-refractivity contribution < 1.29 is 19.0 Å². The lowest BCUT2D eigenvalue weighted by Gasteiger charge is -2.35. The van der Waals surface area contributed by atoms with E-state index < -0.39 is 0 Å². The van der Waals surface area contributed by atoms with Crippen molar-refractivity contribution in [3.05, 3.63) is 59.2 Å². The summed E-state index contributed by atoms with van der Waals surface area (Å²) in [4.78, 5) is 15.0. The molecule has 29 heavy (non-hydrogen) atoms. The van der Waals surface area contributed by atoms with E-state index in [0.29, 0.717) is 31.9 Å². The van der Waals surface area contributed by atoms with Gasteiger partial charge in [0.15, 0.2) is 11.5 Å². The molecule has 0 radical (unpaired) electrons. The molecule has 154 valence electrons. The summed E-state index contributed by atoms with van der Waals surface area (Å²) in [5, 5.41) is 3.13. The highest BCUT2D eigenvalue weighted by Gasteiger charge is 2.23. The van der Waals surface area contributed by atoms with Crippen molar-refractivity contribution in [3.8, 4) is 11.5 Å². The van der Waals surface area contributed by atoms with E-state index in [1.165, 1.54) is 11.1 Å². The number of hydrogen-bond donors (Lipinski definition) is 1. The predicted octanol–water partition coefficient (Wildman–Crippen LogP) is 2.50. The van der Waals surface area contributed by atoms with Gasteiger partial charge in [-0.05, 0) is 30.2 Å². The van der Waals surface area contributed by atoms with Gasteiger partial charge in [-0.1, -0.05) is 35.9 Å². The second-order valence-corrected chi connectivity index (χ2v) is 7.54. The molecule has 1 fully saturated rings. The van der Waals surface area contributed by atoms with Gasteiger partial charge >= 0.3 is 0 Å². The number of benzene rings is 2. The molecule has 2 aromatic carbocycles. The maximum Gasteiger partial charge on any atom is 0.224 e. The molecule has 6 nitrogen and oxygen atoms in total. The van der Waals surface area contributed by atoms with Crippen LogP contribution in [0.3, 0.4) is 0 Å². The second-order valence-electron chi connectivity index (χ2n) is 7.54. The smallest absolute Gasteiger partial charge is 0.224 e. The largest absolute Gasteiger partial charge is 0.486 e. The van der Waals surface area contributed by atoms with Gasteiger partial charge in [0, 0.05) is 19.6 Å². The van der Waals surface area contributed by atoms with Crippen LogP contribution in [0, 0.1) is 6.92 Å². The van der Waals surface area contributed by atoms with E-state index in [-0.39, 0.29) is 11.9 Å². The zero-order valence-corrected chi connectivity index (χ0v) is 16.9. The Morgan fingerprint density at radius 3 is 2.62 bits per heavy atom. The molecule has 0 aliphatic carbocycles. The van der Waals surface area contributed by atoms with Gasteiger partial charge in [-0.25, -0.2) is 0 Å². The van der Waals surface area contributed by atoms with Crippen LogP contribution in [-0.4, -0.2) is 56.9 Å². The third-order valence-electron chi connectivity index (χ3n) is 5.38. The number of rotatable bonds is 6. The van der Waals surface area contributed by atoms with Gasteiger partial charge in [0.25, 0.3) is 0 Å². The van der Waals surface area contributed by atoms with Gasteiger partial charge in [-0.15, -0.1) is 0 Å². The van der Waals surface area contributed by atoms with Crippen molar-refractivity contribution in [2.24, 2.45) is 0 Å². The van der Waals surface area contributed by atoms with Crippen LogP contribution < -0.4 is 14.8 Å². The van der Waals surface area contributed by atoms with Crippen LogP contribution in [0.2, 0.25) is 0 Å². The Morgan fingerprint density at radius 1 is 1.03 bits per heavy atom. The van der Waals surface area contributed by atoms with Crippen molar-refractivity contribution in [2.75, 3.05) is 46.1 Å². The number of aryl methyl sites for hydroxylation is 1. The standard InChI is InChI=1S/C23H28N2O4/c1-17-3-2-4-19(13-17)20(25-7-9-27-10-8-25)16-24-23(26)15-18-5-6-21-22(14-18)29-12-11-28-21/h2-6,13-14,20H,7-12,15-16H2,1H3,(H,24,26). The number of nitrogens with one attached hydrogen (secondary N) is 1. The average Bonchev–Trinajstić information content (AvgIpc) is 2.75. The average molecular weight is 396 g/mol. The molecule has 1 N–H and O–H groups in total. The minimum atomic E-state index is 0.00703. The summed E-state index contributed by atoms with van der Waals surface area (Å²) in [6, 6.07) is 14.4. The minimum Gasteiger partial charge on any atom is -0.486 e. The summed E-state index contributed by atoms with van der Waals surface area (Å²) in [5.41, 5.74) is 3.38. The monoisotopic (exact) mass is 396 g/mol. The molecular formula is C23H28N2O4. The van der Waals surface area contributed by atoms with Crippen LogP contribution in [0.25, 0.3) is 0 Å². The first kappa shape index (κ1) is 19.7. The highest BCUT2D eigenvalue weighted by atomic mass is 16.6. The lowest BCUT2D eigenvalue weighted by Crippen LogP contribution is -2.44. The van der Waals surface area contributed by atoms with Gasteiger partial charge in [0.05, 0.1) is 25.7 Å². The van der Waals surface area contributed by atoms with Crippen LogP contribution in [0.4, 0.5) is 0 Å². The third kappa shape index (κ3) is 5.08. The van der Waals surface area contributed by atoms with E-state index in [0.717, 1.165) is 37.6 Å². The van der Waals surface area contributed by atoms with Crippen molar-refractivity contribution in [1.82, 2.24) is 10.2 Å². The molecule has 2 aliphatic rings. The SMILES string of the molecule is Cc1cccc(C(CNC(=O)Cc2ccc3c(c2)OCCO3)N2CCOCC2)c1. The number of nitrogens with zero attached hydrogens (tertiary/aromatic N) is 1. The van der Waals surface area contributed by atoms with Gasteiger partial charge in [0.2, 0.25) is 5.91 Å². The Hall–Kier alpha value is -2.57. The Labute approximate surface area is 171 Å². The number of ether oxygens (including phenoxy) is 3. The highest BCUT2D eigenvalue weighted by Crippen LogP contribution is 2.31. The van der Waals surface area contributed by atoms with E-state index in [9.17, 15) is 4.79 Å². The molecule has 0 saturated carbocycles. The number of hydrogen-bond acceptors (Lipinski definition) is 5. The molecule has 0 aromatic heterocycles. The number of carbonyl (C=O) groups is 1. The van der Waals surface area contributed by atoms with Crippen molar-refractivity contribution >= 4 is 5.91 Å². The van der Waals surface area contributed by atoms with E-state index in [4.69, 9.17) is 14.2 Å². The molecule has 4 rings (SSSR count). The Kier molecular flexibility index (Phi) is 6.32. The third-order valence-corrected chi connectivity index (χ3v) is 5.38. The summed E-state index contributed by atoms with van der Waals surface area (Å²) in [7, 11) is 0. The van der Waals surface area contributed by atoms with Crippen molar-refractivity contribution in [3.63, 3.8) is 0 Å². The van der Waals surface area contributed by atoms with E-state index in [1.54, 1.807) is 0 Å². The molecule has 1 amide bonds. The summed E-state index contributed by atoms with van der Waals surface area (Å²) in [6.45, 7) is 6.98. The first-order chi connectivity index (χ1) is 14.2. The topological polar surface area (TPSA) is 60.0 Å². The Bertz CT molecular complexity index is 849. The van der Waals surface area contributed by atoms with Crippen LogP contribution in [0.1, 0.15) is 22.7 Å². The van der Waals surface area contributed by atoms with E-state index in [2.05, 4.69) is 41.4 Å². The Balaban J connectivity index is 1.40. The number of amides is 1. The predicted molar refractivity (Wildman–Crippen MR) is 110 cm³/mol. The maximum absolute atomic E-state index is 12.6. The summed E-state index contributed by atoms with van der Waals surface area (Å²) in [6.07, 6.45) is 0.320. The van der Waals surface area contributed by atoms with Crippen molar-refractivity contribution in [2.45, 2.75) is 19.4 Å². The first-order valence-corrected chi connectivity index (χ1v) is 10.2. The normalized spacial score (nSPS) is 17.6. The first-order valence-electron chi connectivity index (χ1n) is 10.2. The maximum atomic E-state index is 12.6. The van der Waals surface area contributed by atoms with Crippen LogP contribution in [0.5, 0.6) is 11.5 Å². The number of morpholine rings is 1. The molecule has 1 saturated heterocycles. The van der Waals surface area contributed by atoms with Crippen molar-refractivity contribution in [1.29, 1.82) is 0 Å². The quantitative estimate of drug-likeness (QED) is 0.813. The van der Waals surface area contributed by atoms with Gasteiger partial charge in [-0.3, -0.25) is 9.69 Å². The second kappa shape index (κ2) is 9.29. The highest BCUT2D eigenvalue weighted by molar-refractivity contribution is 5.78. The lowest BCUT2D eigenvalue weighted by molar-refractivity contribution is -0.120. The van der Waals surface area contributed by atoms with Gasteiger partial charge in [0.1, 0.15) is 13.2 Å². The molecule has 2 aliphatic heterocycles. The number of carbonyl (C=O) groups excluding carboxylic acids is 1. The molecule has 6 heteroatoms. The molecule has 0 spiro atoms. The zero-order valence-electron chi connectivity index (χ0n) is 16.9. The number of fused-ring (bicyclic) bond motifs is 1. The van der Waals surface area contributed by atoms with Gasteiger partial charge < -0.3 is 19.5 Å². The molecular weight excluding hydrogens is 368 g/mol. The zero-order chi connectivity index (χ0) is 20.1. The summed E-state index contributed by atoms with van der Waals surface area (Å²) in [5.74, 6) is 1.47. The lowest BCUT2D eigenvalue weighted by atomic mass is 10.0.